The standard InChI is InChI=1S/C18H30O3S.C2H7NO3/c1-2-3-4-5-6-7-8-9-10-14-17-21-22(19,20)18-15-12-11-13-16-18;3-1-2(4,5)6/h11-13,15-16H,2-10,14,17H2,1H3;4-6H,1,3H2. The fraction of sp³-hybridized carbons (Fsp3) is 0.700. The van der Waals surface area contributed by atoms with Crippen LogP contribution in [0.25, 0.3) is 0 Å². The Hall–Kier alpha value is -1.03. The van der Waals surface area contributed by atoms with Gasteiger partial charge in [0.2, 0.25) is 0 Å². The molecule has 5 N–H and O–H groups in total. The largest absolute Gasteiger partial charge is 0.343 e. The zero-order valence-corrected chi connectivity index (χ0v) is 17.7. The van der Waals surface area contributed by atoms with E-state index in [9.17, 15) is 8.42 Å². The number of aliphatic hydroxyl groups is 3. The molecule has 0 aliphatic rings. The molecule has 7 nitrogen and oxygen atoms in total. The van der Waals surface area contributed by atoms with Gasteiger partial charge in [-0.3, -0.25) is 4.18 Å². The quantitative estimate of drug-likeness (QED) is 0.207. The van der Waals surface area contributed by atoms with Crippen LogP contribution in [0.5, 0.6) is 0 Å². The molecular weight excluding hydrogens is 382 g/mol. The lowest BCUT2D eigenvalue weighted by Gasteiger charge is -2.07. The summed E-state index contributed by atoms with van der Waals surface area (Å²) < 4.78 is 28.8. The fourth-order valence-electron chi connectivity index (χ4n) is 2.41. The number of rotatable bonds is 14. The highest BCUT2D eigenvalue weighted by Gasteiger charge is 2.13. The summed E-state index contributed by atoms with van der Waals surface area (Å²) in [5.74, 6) is -2.68. The van der Waals surface area contributed by atoms with Crippen molar-refractivity contribution in [3.8, 4) is 0 Å². The van der Waals surface area contributed by atoms with Crippen molar-refractivity contribution >= 4 is 10.1 Å². The second-order valence-corrected chi connectivity index (χ2v) is 8.36. The molecule has 1 aromatic carbocycles. The molecule has 0 aliphatic carbocycles. The van der Waals surface area contributed by atoms with Crippen LogP contribution in [0.2, 0.25) is 0 Å². The molecule has 0 aliphatic heterocycles. The van der Waals surface area contributed by atoms with Crippen LogP contribution in [0, 0.1) is 0 Å². The smallest absolute Gasteiger partial charge is 0.296 e. The van der Waals surface area contributed by atoms with Gasteiger partial charge < -0.3 is 21.1 Å². The van der Waals surface area contributed by atoms with Gasteiger partial charge in [0.1, 0.15) is 0 Å². The van der Waals surface area contributed by atoms with Crippen LogP contribution in [-0.2, 0) is 14.3 Å². The van der Waals surface area contributed by atoms with Crippen molar-refractivity contribution in [2.75, 3.05) is 13.2 Å². The topological polar surface area (TPSA) is 130 Å². The highest BCUT2D eigenvalue weighted by atomic mass is 32.2. The number of benzene rings is 1. The summed E-state index contributed by atoms with van der Waals surface area (Å²) in [6, 6.07) is 8.33. The first-order chi connectivity index (χ1) is 13.2. The Bertz CT molecular complexity index is 572. The molecule has 1 aromatic rings. The van der Waals surface area contributed by atoms with E-state index in [2.05, 4.69) is 12.7 Å². The highest BCUT2D eigenvalue weighted by molar-refractivity contribution is 7.86. The summed E-state index contributed by atoms with van der Waals surface area (Å²) in [5, 5.41) is 23.4. The lowest BCUT2D eigenvalue weighted by atomic mass is 10.1. The third-order valence-electron chi connectivity index (χ3n) is 4.04. The summed E-state index contributed by atoms with van der Waals surface area (Å²) in [7, 11) is -3.57. The lowest BCUT2D eigenvalue weighted by molar-refractivity contribution is -0.302. The fourth-order valence-corrected chi connectivity index (χ4v) is 3.38. The second-order valence-electron chi connectivity index (χ2n) is 6.75. The van der Waals surface area contributed by atoms with Crippen LogP contribution in [0.1, 0.15) is 71.1 Å². The van der Waals surface area contributed by atoms with Gasteiger partial charge in [-0.1, -0.05) is 82.9 Å². The zero-order chi connectivity index (χ0) is 21.3. The average Bonchev–Trinajstić information content (AvgIpc) is 2.67. The van der Waals surface area contributed by atoms with E-state index in [1.54, 1.807) is 30.3 Å². The Morgan fingerprint density at radius 2 is 1.29 bits per heavy atom. The first-order valence-corrected chi connectivity index (χ1v) is 11.5. The maximum absolute atomic E-state index is 11.9. The number of nitrogens with two attached hydrogens (primary N) is 1. The van der Waals surface area contributed by atoms with Crippen molar-refractivity contribution in [1.29, 1.82) is 0 Å². The molecule has 0 spiro atoms. The van der Waals surface area contributed by atoms with Crippen molar-refractivity contribution in [2.24, 2.45) is 5.73 Å². The molecule has 0 bridgehead atoms. The van der Waals surface area contributed by atoms with Gasteiger partial charge in [-0.25, -0.2) is 0 Å². The van der Waals surface area contributed by atoms with E-state index in [0.29, 0.717) is 0 Å². The molecule has 1 rings (SSSR count). The predicted molar refractivity (Wildman–Crippen MR) is 110 cm³/mol. The summed E-state index contributed by atoms with van der Waals surface area (Å²) in [6.07, 6.45) is 12.3. The van der Waals surface area contributed by atoms with Crippen molar-refractivity contribution in [2.45, 2.75) is 82.0 Å². The van der Waals surface area contributed by atoms with Crippen LogP contribution in [0.3, 0.4) is 0 Å². The van der Waals surface area contributed by atoms with Gasteiger partial charge in [0.05, 0.1) is 18.0 Å². The second kappa shape index (κ2) is 15.8. The Morgan fingerprint density at radius 3 is 1.71 bits per heavy atom. The van der Waals surface area contributed by atoms with Gasteiger partial charge in [0, 0.05) is 0 Å². The molecule has 8 heteroatoms. The number of hydrogen-bond acceptors (Lipinski definition) is 7. The minimum Gasteiger partial charge on any atom is -0.343 e. The molecule has 0 unspecified atom stereocenters. The molecule has 0 saturated carbocycles. The summed E-state index contributed by atoms with van der Waals surface area (Å²) in [6.45, 7) is 1.96. The van der Waals surface area contributed by atoms with Gasteiger partial charge >= 0.3 is 0 Å². The van der Waals surface area contributed by atoms with E-state index in [-0.39, 0.29) is 11.5 Å². The first kappa shape index (κ1) is 27.0. The molecule has 0 fully saturated rings. The van der Waals surface area contributed by atoms with Gasteiger partial charge in [0.25, 0.3) is 16.1 Å². The van der Waals surface area contributed by atoms with Crippen molar-refractivity contribution in [3.63, 3.8) is 0 Å². The summed E-state index contributed by atoms with van der Waals surface area (Å²) in [4.78, 5) is 0.238. The molecule has 0 heterocycles. The summed E-state index contributed by atoms with van der Waals surface area (Å²) >= 11 is 0. The van der Waals surface area contributed by atoms with E-state index in [4.69, 9.17) is 19.5 Å². The van der Waals surface area contributed by atoms with E-state index >= 15 is 0 Å². The van der Waals surface area contributed by atoms with Crippen LogP contribution < -0.4 is 5.73 Å². The maximum Gasteiger partial charge on any atom is 0.296 e. The third kappa shape index (κ3) is 16.0. The Kier molecular flexibility index (Phi) is 15.3. The molecule has 28 heavy (non-hydrogen) atoms. The molecule has 0 radical (unpaired) electrons. The normalized spacial score (nSPS) is 11.8. The summed E-state index contributed by atoms with van der Waals surface area (Å²) in [5.41, 5.74) is 4.56. The van der Waals surface area contributed by atoms with Crippen LogP contribution >= 0.6 is 0 Å². The van der Waals surface area contributed by atoms with Gasteiger partial charge in [0.15, 0.2) is 0 Å². The van der Waals surface area contributed by atoms with Crippen molar-refractivity contribution < 1.29 is 27.9 Å². The van der Waals surface area contributed by atoms with Crippen molar-refractivity contribution in [1.82, 2.24) is 0 Å². The minimum absolute atomic E-state index is 0.238. The molecule has 0 atom stereocenters. The Labute approximate surface area is 169 Å². The lowest BCUT2D eigenvalue weighted by Crippen LogP contribution is -2.36. The Morgan fingerprint density at radius 1 is 0.857 bits per heavy atom. The number of hydrogen-bond donors (Lipinski definition) is 4. The van der Waals surface area contributed by atoms with Gasteiger partial charge in [-0.05, 0) is 18.6 Å². The van der Waals surface area contributed by atoms with E-state index in [1.807, 2.05) is 0 Å². The molecule has 0 saturated heterocycles. The Balaban J connectivity index is 0.00000105. The third-order valence-corrected chi connectivity index (χ3v) is 5.37. The molecule has 164 valence electrons. The highest BCUT2D eigenvalue weighted by Crippen LogP contribution is 2.13. The van der Waals surface area contributed by atoms with E-state index in [0.717, 1.165) is 12.8 Å². The SMILES string of the molecule is CCCCCCCCCCCCOS(=O)(=O)c1ccccc1.NCC(O)(O)O. The maximum atomic E-state index is 11.9. The molecular formula is C20H37NO6S. The average molecular weight is 420 g/mol. The molecule has 0 aromatic heterocycles. The van der Waals surface area contributed by atoms with Gasteiger partial charge in [-0.15, -0.1) is 0 Å². The zero-order valence-electron chi connectivity index (χ0n) is 16.9. The van der Waals surface area contributed by atoms with Crippen LogP contribution in [0.15, 0.2) is 35.2 Å². The van der Waals surface area contributed by atoms with E-state index in [1.165, 1.54) is 51.4 Å². The predicted octanol–water partition coefficient (Wildman–Crippen LogP) is 2.89. The molecule has 0 amide bonds. The minimum atomic E-state index is -3.57. The van der Waals surface area contributed by atoms with E-state index < -0.39 is 22.6 Å². The first-order valence-electron chi connectivity index (χ1n) is 10.0. The van der Waals surface area contributed by atoms with Crippen LogP contribution in [-0.4, -0.2) is 42.9 Å². The monoisotopic (exact) mass is 419 g/mol. The van der Waals surface area contributed by atoms with Crippen molar-refractivity contribution in [3.05, 3.63) is 30.3 Å². The number of unbranched alkanes of at least 4 members (excludes halogenated alkanes) is 9. The van der Waals surface area contributed by atoms with Gasteiger partial charge in [-0.2, -0.15) is 8.42 Å². The van der Waals surface area contributed by atoms with Crippen LogP contribution in [0.4, 0.5) is 0 Å².